The molecule has 0 fully saturated rings. The van der Waals surface area contributed by atoms with Crippen molar-refractivity contribution in [3.8, 4) is 5.75 Å². The average Bonchev–Trinajstić information content (AvgIpc) is 3.39. The fraction of sp³-hybridized carbons (Fsp3) is 0.136. The molecule has 158 valence electrons. The van der Waals surface area contributed by atoms with Crippen LogP contribution < -0.4 is 15.4 Å². The van der Waals surface area contributed by atoms with E-state index in [2.05, 4.69) is 20.8 Å². The molecule has 0 saturated carbocycles. The molecule has 0 aliphatic rings. The number of nitrogens with one attached hydrogen (secondary N) is 2. The number of nitrogens with zero attached hydrogens (tertiary/aromatic N) is 4. The Kier molecular flexibility index (Phi) is 6.49. The van der Waals surface area contributed by atoms with Gasteiger partial charge in [0.1, 0.15) is 5.75 Å². The molecule has 7 nitrogen and oxygen atoms in total. The van der Waals surface area contributed by atoms with Crippen LogP contribution in [-0.2, 0) is 13.1 Å². The Bertz CT molecular complexity index is 1170. The maximum absolute atomic E-state index is 5.93. The van der Waals surface area contributed by atoms with E-state index >= 15 is 0 Å². The van der Waals surface area contributed by atoms with Crippen LogP contribution in [0, 0.1) is 0 Å². The Balaban J connectivity index is 1.31. The quantitative estimate of drug-likeness (QED) is 0.398. The van der Waals surface area contributed by atoms with Crippen LogP contribution in [0.2, 0.25) is 5.02 Å². The van der Waals surface area contributed by atoms with E-state index in [1.54, 1.807) is 13.3 Å². The molecule has 0 amide bonds. The molecule has 2 N–H and O–H groups in total. The van der Waals surface area contributed by atoms with Crippen LogP contribution in [-0.4, -0.2) is 31.8 Å². The normalized spacial score (nSPS) is 10.6. The second kappa shape index (κ2) is 9.63. The minimum absolute atomic E-state index is 0.442. The lowest BCUT2D eigenvalue weighted by Gasteiger charge is -2.07. The molecule has 0 bridgehead atoms. The molecule has 0 aliphatic carbocycles. The van der Waals surface area contributed by atoms with Gasteiger partial charge < -0.3 is 15.4 Å². The van der Waals surface area contributed by atoms with E-state index in [0.717, 1.165) is 27.6 Å². The number of rotatable bonds is 7. The van der Waals surface area contributed by atoms with Crippen LogP contribution >= 0.6 is 23.8 Å². The highest BCUT2D eigenvalue weighted by atomic mass is 35.5. The fourth-order valence-electron chi connectivity index (χ4n) is 3.04. The van der Waals surface area contributed by atoms with Crippen LogP contribution in [0.15, 0.2) is 73.2 Å². The number of methoxy groups -OCH3 is 1. The zero-order valence-electron chi connectivity index (χ0n) is 16.8. The smallest absolute Gasteiger partial charge is 0.176 e. The van der Waals surface area contributed by atoms with Crippen LogP contribution in [0.3, 0.4) is 0 Å². The molecule has 31 heavy (non-hydrogen) atoms. The third-order valence-electron chi connectivity index (χ3n) is 4.51. The maximum atomic E-state index is 5.93. The van der Waals surface area contributed by atoms with Gasteiger partial charge in [0.15, 0.2) is 10.9 Å². The van der Waals surface area contributed by atoms with E-state index in [-0.39, 0.29) is 0 Å². The summed E-state index contributed by atoms with van der Waals surface area (Å²) in [6.07, 6.45) is 5.52. The third-order valence-corrected chi connectivity index (χ3v) is 4.97. The van der Waals surface area contributed by atoms with Crippen molar-refractivity contribution in [2.24, 2.45) is 0 Å². The van der Waals surface area contributed by atoms with Crippen molar-refractivity contribution in [2.45, 2.75) is 13.1 Å². The van der Waals surface area contributed by atoms with Gasteiger partial charge in [-0.2, -0.15) is 10.2 Å². The molecule has 2 aromatic heterocycles. The van der Waals surface area contributed by atoms with Gasteiger partial charge in [-0.25, -0.2) is 0 Å². The lowest BCUT2D eigenvalue weighted by Crippen LogP contribution is -2.19. The predicted molar refractivity (Wildman–Crippen MR) is 127 cm³/mol. The number of ether oxygens (including phenoxy) is 1. The van der Waals surface area contributed by atoms with Crippen LogP contribution in [0.4, 0.5) is 11.5 Å². The van der Waals surface area contributed by atoms with Crippen molar-refractivity contribution in [1.82, 2.24) is 19.6 Å². The monoisotopic (exact) mass is 452 g/mol. The van der Waals surface area contributed by atoms with Crippen molar-refractivity contribution < 1.29 is 4.74 Å². The highest BCUT2D eigenvalue weighted by Crippen LogP contribution is 2.15. The summed E-state index contributed by atoms with van der Waals surface area (Å²) in [6.45, 7) is 1.28. The summed E-state index contributed by atoms with van der Waals surface area (Å²) in [6, 6.07) is 17.5. The fourth-order valence-corrected chi connectivity index (χ4v) is 3.39. The van der Waals surface area contributed by atoms with Crippen LogP contribution in [0.5, 0.6) is 5.75 Å². The summed E-state index contributed by atoms with van der Waals surface area (Å²) in [5, 5.41) is 16.3. The van der Waals surface area contributed by atoms with Crippen molar-refractivity contribution in [1.29, 1.82) is 0 Å². The summed E-state index contributed by atoms with van der Waals surface area (Å²) in [7, 11) is 1.66. The number of benzene rings is 2. The molecule has 0 spiro atoms. The van der Waals surface area contributed by atoms with E-state index in [0.29, 0.717) is 24.0 Å². The van der Waals surface area contributed by atoms with Crippen molar-refractivity contribution in [3.05, 3.63) is 89.3 Å². The lowest BCUT2D eigenvalue weighted by molar-refractivity contribution is 0.414. The standard InChI is InChI=1S/C22H21ClN6OS/c1-30-20-4-2-3-17(11-20)14-29-15-19(12-24-29)25-22(31)26-21-9-10-28(27-21)13-16-5-7-18(23)8-6-16/h2-12,15H,13-14H2,1H3,(H2,25,26,27,31). The van der Waals surface area contributed by atoms with Gasteiger partial charge in [-0.15, -0.1) is 0 Å². The first-order valence-electron chi connectivity index (χ1n) is 9.59. The summed E-state index contributed by atoms with van der Waals surface area (Å²) < 4.78 is 8.93. The molecule has 9 heteroatoms. The Labute approximate surface area is 190 Å². The van der Waals surface area contributed by atoms with E-state index in [4.69, 9.17) is 28.6 Å². The molecule has 0 saturated heterocycles. The second-order valence-corrected chi connectivity index (χ2v) is 7.73. The Hall–Kier alpha value is -3.36. The molecular weight excluding hydrogens is 432 g/mol. The van der Waals surface area contributed by atoms with Gasteiger partial charge in [-0.1, -0.05) is 35.9 Å². The first-order valence-corrected chi connectivity index (χ1v) is 10.4. The zero-order valence-corrected chi connectivity index (χ0v) is 18.4. The highest BCUT2D eigenvalue weighted by Gasteiger charge is 2.06. The van der Waals surface area contributed by atoms with E-state index in [9.17, 15) is 0 Å². The van der Waals surface area contributed by atoms with Gasteiger partial charge in [0, 0.05) is 23.5 Å². The minimum Gasteiger partial charge on any atom is -0.497 e. The van der Waals surface area contributed by atoms with Crippen LogP contribution in [0.25, 0.3) is 0 Å². The molecule has 0 radical (unpaired) electrons. The summed E-state index contributed by atoms with van der Waals surface area (Å²) in [4.78, 5) is 0. The van der Waals surface area contributed by atoms with Gasteiger partial charge in [0.05, 0.1) is 32.1 Å². The first kappa shape index (κ1) is 20.9. The highest BCUT2D eigenvalue weighted by molar-refractivity contribution is 7.80. The predicted octanol–water partition coefficient (Wildman–Crippen LogP) is 4.65. The first-order chi connectivity index (χ1) is 15.1. The number of aromatic nitrogens is 4. The minimum atomic E-state index is 0.442. The number of anilines is 2. The van der Waals surface area contributed by atoms with E-state index in [1.165, 1.54) is 0 Å². The third kappa shape index (κ3) is 5.84. The van der Waals surface area contributed by atoms with Gasteiger partial charge in [0.2, 0.25) is 0 Å². The SMILES string of the molecule is COc1cccc(Cn2cc(NC(=S)Nc3ccn(Cc4ccc(Cl)cc4)n3)cn2)c1. The van der Waals surface area contributed by atoms with Crippen molar-refractivity contribution in [3.63, 3.8) is 0 Å². The summed E-state index contributed by atoms with van der Waals surface area (Å²) in [5.41, 5.74) is 3.00. The molecule has 0 atom stereocenters. The topological polar surface area (TPSA) is 68.9 Å². The van der Waals surface area contributed by atoms with Gasteiger partial charge >= 0.3 is 0 Å². The van der Waals surface area contributed by atoms with Gasteiger partial charge in [-0.3, -0.25) is 9.36 Å². The molecular formula is C22H21ClN6OS. The van der Waals surface area contributed by atoms with Crippen molar-refractivity contribution in [2.75, 3.05) is 17.7 Å². The number of hydrogen-bond donors (Lipinski definition) is 2. The van der Waals surface area contributed by atoms with Gasteiger partial charge in [-0.05, 0) is 47.6 Å². The largest absolute Gasteiger partial charge is 0.497 e. The Morgan fingerprint density at radius 2 is 1.84 bits per heavy atom. The number of thiocarbonyl (C=S) groups is 1. The molecule has 4 rings (SSSR count). The summed E-state index contributed by atoms with van der Waals surface area (Å²) >= 11 is 11.3. The average molecular weight is 453 g/mol. The van der Waals surface area contributed by atoms with E-state index < -0.39 is 0 Å². The summed E-state index contributed by atoms with van der Waals surface area (Å²) in [5.74, 6) is 1.49. The van der Waals surface area contributed by atoms with Gasteiger partial charge in [0.25, 0.3) is 0 Å². The number of halogens is 1. The Morgan fingerprint density at radius 3 is 2.65 bits per heavy atom. The van der Waals surface area contributed by atoms with Crippen molar-refractivity contribution >= 4 is 40.4 Å². The zero-order chi connectivity index (χ0) is 21.6. The molecule has 0 unspecified atom stereocenters. The molecule has 2 heterocycles. The van der Waals surface area contributed by atoms with E-state index in [1.807, 2.05) is 76.4 Å². The molecule has 4 aromatic rings. The molecule has 2 aromatic carbocycles. The lowest BCUT2D eigenvalue weighted by atomic mass is 10.2. The Morgan fingerprint density at radius 1 is 1.03 bits per heavy atom. The maximum Gasteiger partial charge on any atom is 0.176 e. The van der Waals surface area contributed by atoms with Crippen LogP contribution in [0.1, 0.15) is 11.1 Å². The second-order valence-electron chi connectivity index (χ2n) is 6.88. The molecule has 0 aliphatic heterocycles. The number of hydrogen-bond acceptors (Lipinski definition) is 4.